The maximum absolute atomic E-state index is 5.41. The predicted molar refractivity (Wildman–Crippen MR) is 123 cm³/mol. The largest absolute Gasteiger partial charge is 0.497 e. The Balaban J connectivity index is 2.33. The van der Waals surface area contributed by atoms with Crippen LogP contribution in [0.3, 0.4) is 0 Å². The third-order valence-corrected chi connectivity index (χ3v) is 6.15. The number of methoxy groups -OCH3 is 3. The van der Waals surface area contributed by atoms with E-state index in [0.29, 0.717) is 0 Å². The SMILES string of the molecule is COc1ccc([B-](c2ccc(OC)cc2)(c2ccc(OC)cc2)C(C)(C)C)cc1. The molecule has 3 nitrogen and oxygen atoms in total. The van der Waals surface area contributed by atoms with Crippen molar-refractivity contribution >= 4 is 22.5 Å². The minimum atomic E-state index is -1.29. The standard InChI is InChI=1S/C25H30BO3/c1-25(2,3)26(19-7-13-22(27-4)14-8-19,20-9-15-23(28-5)16-10-20)21-11-17-24(29-6)18-12-21/h7-18H,1-6H3/q-1. The van der Waals surface area contributed by atoms with Crippen LogP contribution >= 0.6 is 0 Å². The Morgan fingerprint density at radius 1 is 0.483 bits per heavy atom. The first kappa shape index (κ1) is 20.8. The molecule has 0 heterocycles. The molecule has 0 spiro atoms. The average molecular weight is 389 g/mol. The summed E-state index contributed by atoms with van der Waals surface area (Å²) in [6, 6.07) is 25.4. The summed E-state index contributed by atoms with van der Waals surface area (Å²) in [5, 5.41) is -0.0578. The van der Waals surface area contributed by atoms with Crippen molar-refractivity contribution in [1.29, 1.82) is 0 Å². The van der Waals surface area contributed by atoms with Crippen LogP contribution in [0.4, 0.5) is 0 Å². The fraction of sp³-hybridized carbons (Fsp3) is 0.280. The second-order valence-corrected chi connectivity index (χ2v) is 8.55. The lowest BCUT2D eigenvalue weighted by molar-refractivity contribution is 0.415. The molecule has 3 aromatic rings. The highest BCUT2D eigenvalue weighted by molar-refractivity contribution is 7.13. The summed E-state index contributed by atoms with van der Waals surface area (Å²) in [4.78, 5) is 0. The molecular formula is C25H30BO3-. The van der Waals surface area contributed by atoms with E-state index in [4.69, 9.17) is 14.2 Å². The van der Waals surface area contributed by atoms with Crippen molar-refractivity contribution in [1.82, 2.24) is 0 Å². The van der Waals surface area contributed by atoms with Crippen LogP contribution in [-0.2, 0) is 0 Å². The van der Waals surface area contributed by atoms with Gasteiger partial charge in [-0.1, -0.05) is 57.2 Å². The van der Waals surface area contributed by atoms with Crippen LogP contribution in [0.15, 0.2) is 72.8 Å². The number of benzene rings is 3. The van der Waals surface area contributed by atoms with Gasteiger partial charge in [-0.2, -0.15) is 16.4 Å². The van der Waals surface area contributed by atoms with Gasteiger partial charge >= 0.3 is 0 Å². The molecule has 4 heteroatoms. The van der Waals surface area contributed by atoms with Gasteiger partial charge in [0.2, 0.25) is 0 Å². The highest BCUT2D eigenvalue weighted by Gasteiger charge is 2.40. The number of ether oxygens (including phenoxy) is 3. The Bertz CT molecular complexity index is 808. The maximum Gasteiger partial charge on any atom is 0.118 e. The molecule has 3 aromatic carbocycles. The van der Waals surface area contributed by atoms with Gasteiger partial charge in [-0.25, -0.2) is 0 Å². The Morgan fingerprint density at radius 2 is 0.724 bits per heavy atom. The number of hydrogen-bond donors (Lipinski definition) is 0. The molecule has 0 saturated carbocycles. The Hall–Kier alpha value is -2.88. The summed E-state index contributed by atoms with van der Waals surface area (Å²) in [6.07, 6.45) is -1.29. The van der Waals surface area contributed by atoms with E-state index in [0.717, 1.165) is 17.2 Å². The minimum Gasteiger partial charge on any atom is -0.497 e. The molecule has 0 unspecified atom stereocenters. The van der Waals surface area contributed by atoms with Gasteiger partial charge in [0.1, 0.15) is 17.2 Å². The summed E-state index contributed by atoms with van der Waals surface area (Å²) in [7, 11) is 5.10. The smallest absolute Gasteiger partial charge is 0.118 e. The molecule has 0 aliphatic carbocycles. The molecule has 0 saturated heterocycles. The second kappa shape index (κ2) is 8.24. The van der Waals surface area contributed by atoms with E-state index in [1.165, 1.54) is 16.4 Å². The van der Waals surface area contributed by atoms with Crippen molar-refractivity contribution in [3.63, 3.8) is 0 Å². The van der Waals surface area contributed by atoms with Gasteiger partial charge < -0.3 is 14.2 Å². The van der Waals surface area contributed by atoms with Crippen LogP contribution < -0.4 is 30.6 Å². The highest BCUT2D eigenvalue weighted by Crippen LogP contribution is 2.36. The molecule has 0 bridgehead atoms. The number of hydrogen-bond acceptors (Lipinski definition) is 3. The fourth-order valence-electron chi connectivity index (χ4n) is 4.76. The molecule has 3 rings (SSSR count). The van der Waals surface area contributed by atoms with E-state index < -0.39 is 6.15 Å². The van der Waals surface area contributed by atoms with E-state index in [-0.39, 0.29) is 5.31 Å². The average Bonchev–Trinajstić information content (AvgIpc) is 2.74. The van der Waals surface area contributed by atoms with Crippen molar-refractivity contribution in [3.8, 4) is 17.2 Å². The first-order valence-corrected chi connectivity index (χ1v) is 9.96. The molecule has 0 aliphatic rings. The van der Waals surface area contributed by atoms with Crippen LogP contribution in [0.1, 0.15) is 20.8 Å². The van der Waals surface area contributed by atoms with Gasteiger partial charge in [-0.15, -0.1) is 5.31 Å². The fourth-order valence-corrected chi connectivity index (χ4v) is 4.76. The van der Waals surface area contributed by atoms with Gasteiger partial charge in [-0.05, 0) is 36.4 Å². The first-order chi connectivity index (χ1) is 13.9. The van der Waals surface area contributed by atoms with Crippen molar-refractivity contribution < 1.29 is 14.2 Å². The van der Waals surface area contributed by atoms with Crippen molar-refractivity contribution in [3.05, 3.63) is 72.8 Å². The molecule has 0 amide bonds. The zero-order valence-corrected chi connectivity index (χ0v) is 18.2. The second-order valence-electron chi connectivity index (χ2n) is 8.55. The van der Waals surface area contributed by atoms with E-state index >= 15 is 0 Å². The summed E-state index contributed by atoms with van der Waals surface area (Å²) in [5.41, 5.74) is 3.82. The minimum absolute atomic E-state index is 0.0578. The van der Waals surface area contributed by atoms with E-state index in [1.54, 1.807) is 21.3 Å². The van der Waals surface area contributed by atoms with E-state index in [2.05, 4.69) is 57.2 Å². The summed E-state index contributed by atoms with van der Waals surface area (Å²) >= 11 is 0. The van der Waals surface area contributed by atoms with Gasteiger partial charge in [0.05, 0.1) is 27.5 Å². The molecule has 0 aromatic heterocycles. The summed E-state index contributed by atoms with van der Waals surface area (Å²) in [6.45, 7) is 6.93. The quantitative estimate of drug-likeness (QED) is 0.597. The molecule has 0 atom stereocenters. The van der Waals surface area contributed by atoms with Crippen LogP contribution in [-0.4, -0.2) is 27.5 Å². The third kappa shape index (κ3) is 3.72. The molecular weight excluding hydrogens is 359 g/mol. The van der Waals surface area contributed by atoms with Gasteiger partial charge in [0, 0.05) is 0 Å². The predicted octanol–water partition coefficient (Wildman–Crippen LogP) is 3.98. The third-order valence-electron chi connectivity index (χ3n) is 6.15. The zero-order chi connectivity index (χ0) is 21.1. The maximum atomic E-state index is 5.41. The topological polar surface area (TPSA) is 27.7 Å². The van der Waals surface area contributed by atoms with Crippen LogP contribution in [0.25, 0.3) is 0 Å². The lowest BCUT2D eigenvalue weighted by atomic mass is 9.07. The van der Waals surface area contributed by atoms with E-state index in [9.17, 15) is 0 Å². The molecule has 152 valence electrons. The highest BCUT2D eigenvalue weighted by atomic mass is 16.5. The first-order valence-electron chi connectivity index (χ1n) is 9.96. The molecule has 0 aliphatic heterocycles. The zero-order valence-electron chi connectivity index (χ0n) is 18.2. The lowest BCUT2D eigenvalue weighted by Gasteiger charge is -2.54. The van der Waals surface area contributed by atoms with Crippen molar-refractivity contribution in [2.75, 3.05) is 21.3 Å². The Morgan fingerprint density at radius 3 is 0.897 bits per heavy atom. The lowest BCUT2D eigenvalue weighted by Crippen LogP contribution is -2.72. The monoisotopic (exact) mass is 389 g/mol. The number of rotatable bonds is 6. The van der Waals surface area contributed by atoms with E-state index in [1.807, 2.05) is 36.4 Å². The molecule has 0 fully saturated rings. The van der Waals surface area contributed by atoms with Gasteiger partial charge in [-0.3, -0.25) is 0 Å². The molecule has 0 radical (unpaired) electrons. The van der Waals surface area contributed by atoms with Crippen molar-refractivity contribution in [2.45, 2.75) is 26.1 Å². The Kier molecular flexibility index (Phi) is 5.92. The van der Waals surface area contributed by atoms with Gasteiger partial charge in [0.25, 0.3) is 0 Å². The van der Waals surface area contributed by atoms with Crippen LogP contribution in [0, 0.1) is 0 Å². The Labute approximate surface area is 174 Å². The molecule has 0 N–H and O–H groups in total. The normalized spacial score (nSPS) is 11.8. The van der Waals surface area contributed by atoms with Crippen LogP contribution in [0.2, 0.25) is 5.31 Å². The van der Waals surface area contributed by atoms with Crippen molar-refractivity contribution in [2.24, 2.45) is 0 Å². The molecule has 29 heavy (non-hydrogen) atoms. The van der Waals surface area contributed by atoms with Crippen LogP contribution in [0.5, 0.6) is 17.2 Å². The summed E-state index contributed by atoms with van der Waals surface area (Å²) < 4.78 is 16.2. The van der Waals surface area contributed by atoms with Gasteiger partial charge in [0.15, 0.2) is 0 Å². The summed E-state index contributed by atoms with van der Waals surface area (Å²) in [5.74, 6) is 2.57.